The van der Waals surface area contributed by atoms with Crippen LogP contribution in [0.3, 0.4) is 0 Å². The van der Waals surface area contributed by atoms with Gasteiger partial charge in [-0.2, -0.15) is 0 Å². The van der Waals surface area contributed by atoms with Crippen LogP contribution in [0.1, 0.15) is 21.0 Å². The van der Waals surface area contributed by atoms with Gasteiger partial charge in [-0.3, -0.25) is 9.78 Å². The minimum absolute atomic E-state index is 0.0483. The van der Waals surface area contributed by atoms with Crippen LogP contribution >= 0.6 is 11.3 Å². The first-order chi connectivity index (χ1) is 9.29. The van der Waals surface area contributed by atoms with Gasteiger partial charge in [-0.15, -0.1) is 11.3 Å². The van der Waals surface area contributed by atoms with Crippen LogP contribution in [0, 0.1) is 11.8 Å². The van der Waals surface area contributed by atoms with Gasteiger partial charge in [0.2, 0.25) is 0 Å². The topological polar surface area (TPSA) is 62.2 Å². The summed E-state index contributed by atoms with van der Waals surface area (Å²) in [6.07, 6.45) is 3.68. The first kappa shape index (κ1) is 13.3. The van der Waals surface area contributed by atoms with Gasteiger partial charge in [0.05, 0.1) is 28.2 Å². The first-order valence-electron chi connectivity index (χ1n) is 5.70. The van der Waals surface area contributed by atoms with Gasteiger partial charge >= 0.3 is 0 Å². The molecule has 0 radical (unpaired) electrons. The molecule has 96 valence electrons. The van der Waals surface area contributed by atoms with E-state index in [1.165, 1.54) is 11.3 Å². The van der Waals surface area contributed by atoms with E-state index >= 15 is 0 Å². The Morgan fingerprint density at radius 2 is 2.32 bits per heavy atom. The fourth-order valence-corrected chi connectivity index (χ4v) is 2.14. The zero-order chi connectivity index (χ0) is 13.5. The summed E-state index contributed by atoms with van der Waals surface area (Å²) < 4.78 is 0. The number of nitrogens with zero attached hydrogens (tertiary/aromatic N) is 1. The summed E-state index contributed by atoms with van der Waals surface area (Å²) in [7, 11) is 0. The lowest BCUT2D eigenvalue weighted by Crippen LogP contribution is -2.09. The molecule has 0 atom stereocenters. The second-order valence-electron chi connectivity index (χ2n) is 3.64. The molecule has 2 aromatic heterocycles. The van der Waals surface area contributed by atoms with Crippen LogP contribution in [0.5, 0.6) is 0 Å². The van der Waals surface area contributed by atoms with Crippen LogP contribution in [0.25, 0.3) is 0 Å². The maximum absolute atomic E-state index is 11.9. The van der Waals surface area contributed by atoms with Gasteiger partial charge in [-0.05, 0) is 24.3 Å². The predicted octanol–water partition coefficient (Wildman–Crippen LogP) is 2.13. The van der Waals surface area contributed by atoms with Crippen LogP contribution in [0.2, 0.25) is 0 Å². The molecule has 1 amide bonds. The number of aromatic nitrogens is 1. The van der Waals surface area contributed by atoms with Crippen molar-refractivity contribution in [2.75, 3.05) is 11.9 Å². The van der Waals surface area contributed by atoms with Crippen LogP contribution in [-0.2, 0) is 0 Å². The molecule has 0 aromatic carbocycles. The minimum Gasteiger partial charge on any atom is -0.395 e. The third-order valence-electron chi connectivity index (χ3n) is 2.20. The van der Waals surface area contributed by atoms with E-state index in [4.69, 9.17) is 5.11 Å². The number of nitrogens with one attached hydrogen (secondary N) is 1. The Hall–Kier alpha value is -2.16. The highest BCUT2D eigenvalue weighted by Crippen LogP contribution is 2.17. The molecular formula is C14H12N2O2S. The molecule has 0 aliphatic heterocycles. The molecule has 0 bridgehead atoms. The van der Waals surface area contributed by atoms with E-state index in [2.05, 4.69) is 22.1 Å². The Kier molecular flexibility index (Phi) is 4.67. The lowest BCUT2D eigenvalue weighted by atomic mass is 10.3. The average Bonchev–Trinajstić information content (AvgIpc) is 2.89. The van der Waals surface area contributed by atoms with Crippen molar-refractivity contribution in [3.63, 3.8) is 0 Å². The molecule has 0 saturated carbocycles. The summed E-state index contributed by atoms with van der Waals surface area (Å²) in [5.41, 5.74) is 0.661. The van der Waals surface area contributed by atoms with Gasteiger partial charge in [0, 0.05) is 12.6 Å². The molecule has 0 saturated heterocycles. The number of carbonyl (C=O) groups is 1. The van der Waals surface area contributed by atoms with Crippen molar-refractivity contribution in [1.82, 2.24) is 4.98 Å². The number of aliphatic hydroxyl groups is 1. The molecular weight excluding hydrogens is 260 g/mol. The lowest BCUT2D eigenvalue weighted by Gasteiger charge is -2.01. The molecule has 4 nitrogen and oxygen atoms in total. The lowest BCUT2D eigenvalue weighted by molar-refractivity contribution is 0.103. The van der Waals surface area contributed by atoms with E-state index in [0.717, 1.165) is 4.88 Å². The summed E-state index contributed by atoms with van der Waals surface area (Å²) in [5, 5.41) is 11.4. The molecule has 2 rings (SSSR count). The molecule has 5 heteroatoms. The third-order valence-corrected chi connectivity index (χ3v) is 3.20. The van der Waals surface area contributed by atoms with Crippen LogP contribution in [-0.4, -0.2) is 22.6 Å². The number of pyridine rings is 1. The second-order valence-corrected chi connectivity index (χ2v) is 4.72. The van der Waals surface area contributed by atoms with E-state index < -0.39 is 0 Å². The van der Waals surface area contributed by atoms with E-state index in [1.807, 2.05) is 0 Å². The molecule has 0 aliphatic rings. The number of aliphatic hydroxyl groups excluding tert-OH is 1. The monoisotopic (exact) mass is 272 g/mol. The second kappa shape index (κ2) is 6.69. The van der Waals surface area contributed by atoms with Crippen molar-refractivity contribution in [3.8, 4) is 11.8 Å². The third kappa shape index (κ3) is 3.91. The highest BCUT2D eigenvalue weighted by Gasteiger charge is 2.08. The SMILES string of the molecule is O=C(Nc1cccnc1)c1ccc(C#CCCO)s1. The van der Waals surface area contributed by atoms with Crippen molar-refractivity contribution in [1.29, 1.82) is 0 Å². The fourth-order valence-electron chi connectivity index (χ4n) is 1.36. The summed E-state index contributed by atoms with van der Waals surface area (Å²) in [5.74, 6) is 5.55. The van der Waals surface area contributed by atoms with Crippen molar-refractivity contribution < 1.29 is 9.90 Å². The van der Waals surface area contributed by atoms with Crippen LogP contribution < -0.4 is 5.32 Å². The molecule has 0 spiro atoms. The molecule has 2 N–H and O–H groups in total. The summed E-state index contributed by atoms with van der Waals surface area (Å²) in [6, 6.07) is 7.07. The van der Waals surface area contributed by atoms with Crippen molar-refractivity contribution >= 4 is 22.9 Å². The largest absolute Gasteiger partial charge is 0.395 e. The summed E-state index contributed by atoms with van der Waals surface area (Å²) in [6.45, 7) is 0.0483. The van der Waals surface area contributed by atoms with E-state index in [9.17, 15) is 4.79 Å². The van der Waals surface area contributed by atoms with Crippen LogP contribution in [0.15, 0.2) is 36.7 Å². The highest BCUT2D eigenvalue weighted by atomic mass is 32.1. The number of hydrogen-bond acceptors (Lipinski definition) is 4. The predicted molar refractivity (Wildman–Crippen MR) is 75.1 cm³/mol. The number of anilines is 1. The number of carbonyl (C=O) groups excluding carboxylic acids is 1. The number of rotatable bonds is 3. The smallest absolute Gasteiger partial charge is 0.265 e. The van der Waals surface area contributed by atoms with E-state index in [1.54, 1.807) is 36.7 Å². The molecule has 2 heterocycles. The van der Waals surface area contributed by atoms with Gasteiger partial charge in [-0.1, -0.05) is 11.8 Å². The zero-order valence-corrected chi connectivity index (χ0v) is 10.9. The Morgan fingerprint density at radius 1 is 1.42 bits per heavy atom. The Morgan fingerprint density at radius 3 is 3.05 bits per heavy atom. The van der Waals surface area contributed by atoms with Gasteiger partial charge in [0.25, 0.3) is 5.91 Å². The average molecular weight is 272 g/mol. The Labute approximate surface area is 115 Å². The van der Waals surface area contributed by atoms with Crippen LogP contribution in [0.4, 0.5) is 5.69 Å². The number of hydrogen-bond donors (Lipinski definition) is 2. The Balaban J connectivity index is 2.03. The molecule has 2 aromatic rings. The highest BCUT2D eigenvalue weighted by molar-refractivity contribution is 7.14. The number of amides is 1. The fraction of sp³-hybridized carbons (Fsp3) is 0.143. The van der Waals surface area contributed by atoms with Gasteiger partial charge in [0.1, 0.15) is 0 Å². The Bertz CT molecular complexity index is 611. The number of thiophene rings is 1. The minimum atomic E-state index is -0.173. The van der Waals surface area contributed by atoms with Gasteiger partial charge < -0.3 is 10.4 Å². The zero-order valence-electron chi connectivity index (χ0n) is 10.1. The molecule has 0 aliphatic carbocycles. The van der Waals surface area contributed by atoms with Gasteiger partial charge in [-0.25, -0.2) is 0 Å². The molecule has 19 heavy (non-hydrogen) atoms. The van der Waals surface area contributed by atoms with Crippen molar-refractivity contribution in [3.05, 3.63) is 46.4 Å². The molecule has 0 unspecified atom stereocenters. The standard InChI is InChI=1S/C14H12N2O2S/c17-9-2-1-5-12-6-7-13(19-12)14(18)16-11-4-3-8-15-10-11/h3-4,6-8,10,17H,2,9H2,(H,16,18). The van der Waals surface area contributed by atoms with Crippen molar-refractivity contribution in [2.45, 2.75) is 6.42 Å². The summed E-state index contributed by atoms with van der Waals surface area (Å²) >= 11 is 1.32. The van der Waals surface area contributed by atoms with E-state index in [0.29, 0.717) is 17.0 Å². The molecule has 0 fully saturated rings. The quantitative estimate of drug-likeness (QED) is 0.841. The van der Waals surface area contributed by atoms with E-state index in [-0.39, 0.29) is 12.5 Å². The maximum atomic E-state index is 11.9. The van der Waals surface area contributed by atoms with Crippen molar-refractivity contribution in [2.24, 2.45) is 0 Å². The van der Waals surface area contributed by atoms with Gasteiger partial charge in [0.15, 0.2) is 0 Å². The maximum Gasteiger partial charge on any atom is 0.265 e. The normalized spacial score (nSPS) is 9.53. The summed E-state index contributed by atoms with van der Waals surface area (Å²) in [4.78, 5) is 17.3. The first-order valence-corrected chi connectivity index (χ1v) is 6.52.